The van der Waals surface area contributed by atoms with Crippen LogP contribution in [0.1, 0.15) is 0 Å². The summed E-state index contributed by atoms with van der Waals surface area (Å²) in [7, 11) is 0. The topological polar surface area (TPSA) is 9.86 Å². The van der Waals surface area contributed by atoms with Gasteiger partial charge in [-0.2, -0.15) is 0 Å². The molecule has 0 saturated heterocycles. The summed E-state index contributed by atoms with van der Waals surface area (Å²) in [5, 5.41) is 12.3. The number of rotatable bonds is 6. The SMILES string of the molecule is c1ccc(-c2ccc3ccccc3c2-c2c3cccc(-c4cccc5c4c4ccccc4n5-c4ccccc4)c3cc3c(-c4cccc5c4c4ccccc4n5-c4ccccc4)cccc23)cc1. The lowest BCUT2D eigenvalue weighted by atomic mass is 9.82. The fraction of sp³-hybridized carbons (Fsp3) is 0. The Balaban J connectivity index is 1.15. The van der Waals surface area contributed by atoms with Crippen LogP contribution in [0.25, 0.3) is 132 Å². The maximum Gasteiger partial charge on any atom is 0.0547 e. The zero-order valence-corrected chi connectivity index (χ0v) is 37.1. The minimum atomic E-state index is 1.15. The molecule has 2 aromatic heterocycles. The summed E-state index contributed by atoms with van der Waals surface area (Å²) >= 11 is 0. The summed E-state index contributed by atoms with van der Waals surface area (Å²) < 4.78 is 4.85. The van der Waals surface area contributed by atoms with E-state index in [2.05, 4.69) is 264 Å². The zero-order chi connectivity index (χ0) is 44.7. The van der Waals surface area contributed by atoms with E-state index < -0.39 is 0 Å². The van der Waals surface area contributed by atoms with Gasteiger partial charge < -0.3 is 9.13 Å². The second-order valence-electron chi connectivity index (χ2n) is 17.9. The molecule has 0 N–H and O–H groups in total. The molecule has 0 amide bonds. The Morgan fingerprint density at radius 3 is 1.18 bits per heavy atom. The molecular weight excluding hydrogens is 821 g/mol. The zero-order valence-electron chi connectivity index (χ0n) is 37.1. The summed E-state index contributed by atoms with van der Waals surface area (Å²) in [4.78, 5) is 0. The van der Waals surface area contributed by atoms with E-state index in [-0.39, 0.29) is 0 Å². The van der Waals surface area contributed by atoms with E-state index in [0.717, 1.165) is 11.4 Å². The predicted molar refractivity (Wildman–Crippen MR) is 289 cm³/mol. The van der Waals surface area contributed by atoms with E-state index in [9.17, 15) is 0 Å². The molecule has 0 saturated carbocycles. The van der Waals surface area contributed by atoms with Crippen LogP contribution in [0, 0.1) is 0 Å². The highest BCUT2D eigenvalue weighted by molar-refractivity contribution is 6.27. The molecule has 2 heteroatoms. The van der Waals surface area contributed by atoms with Gasteiger partial charge in [-0.1, -0.05) is 200 Å². The lowest BCUT2D eigenvalue weighted by Crippen LogP contribution is -1.95. The molecule has 0 spiro atoms. The second kappa shape index (κ2) is 15.3. The molecular formula is C66H42N2. The van der Waals surface area contributed by atoms with Gasteiger partial charge in [0.25, 0.3) is 0 Å². The Morgan fingerprint density at radius 2 is 0.632 bits per heavy atom. The van der Waals surface area contributed by atoms with Crippen LogP contribution in [0.3, 0.4) is 0 Å². The Hall–Kier alpha value is -8.98. The first-order valence-corrected chi connectivity index (χ1v) is 23.5. The molecule has 12 aromatic carbocycles. The van der Waals surface area contributed by atoms with Gasteiger partial charge in [0.15, 0.2) is 0 Å². The smallest absolute Gasteiger partial charge is 0.0547 e. The molecule has 2 nitrogen and oxygen atoms in total. The number of nitrogens with zero attached hydrogens (tertiary/aromatic N) is 2. The summed E-state index contributed by atoms with van der Waals surface area (Å²) in [5.74, 6) is 0. The van der Waals surface area contributed by atoms with Crippen LogP contribution in [-0.2, 0) is 0 Å². The van der Waals surface area contributed by atoms with Crippen LogP contribution in [0.2, 0.25) is 0 Å². The molecule has 14 rings (SSSR count). The average Bonchev–Trinajstić information content (AvgIpc) is 3.94. The molecule has 0 fully saturated rings. The number of benzene rings is 12. The van der Waals surface area contributed by atoms with Gasteiger partial charge in [0.1, 0.15) is 0 Å². The number of hydrogen-bond donors (Lipinski definition) is 0. The molecule has 316 valence electrons. The molecule has 14 aromatic rings. The summed E-state index contributed by atoms with van der Waals surface area (Å²) in [6.07, 6.45) is 0. The first-order valence-electron chi connectivity index (χ1n) is 23.5. The van der Waals surface area contributed by atoms with Crippen molar-refractivity contribution < 1.29 is 0 Å². The number of hydrogen-bond acceptors (Lipinski definition) is 0. The third-order valence-corrected chi connectivity index (χ3v) is 14.3. The van der Waals surface area contributed by atoms with E-state index >= 15 is 0 Å². The molecule has 0 atom stereocenters. The molecule has 0 aliphatic heterocycles. The maximum absolute atomic E-state index is 2.51. The van der Waals surface area contributed by atoms with Crippen molar-refractivity contribution in [3.63, 3.8) is 0 Å². The van der Waals surface area contributed by atoms with Crippen LogP contribution < -0.4 is 0 Å². The molecule has 0 bridgehead atoms. The minimum absolute atomic E-state index is 1.15. The van der Waals surface area contributed by atoms with Crippen molar-refractivity contribution >= 4 is 75.9 Å². The van der Waals surface area contributed by atoms with Gasteiger partial charge in [0.2, 0.25) is 0 Å². The van der Waals surface area contributed by atoms with Crippen molar-refractivity contribution in [3.8, 4) is 55.9 Å². The molecule has 0 aliphatic rings. The van der Waals surface area contributed by atoms with Crippen LogP contribution in [0.4, 0.5) is 0 Å². The quantitative estimate of drug-likeness (QED) is 0.147. The van der Waals surface area contributed by atoms with Gasteiger partial charge in [-0.05, 0) is 131 Å². The second-order valence-corrected chi connectivity index (χ2v) is 17.9. The van der Waals surface area contributed by atoms with Gasteiger partial charge in [-0.25, -0.2) is 0 Å². The van der Waals surface area contributed by atoms with Crippen molar-refractivity contribution in [1.29, 1.82) is 0 Å². The van der Waals surface area contributed by atoms with Crippen LogP contribution in [0.15, 0.2) is 255 Å². The van der Waals surface area contributed by atoms with E-state index in [4.69, 9.17) is 0 Å². The molecule has 2 heterocycles. The van der Waals surface area contributed by atoms with Crippen molar-refractivity contribution in [2.24, 2.45) is 0 Å². The van der Waals surface area contributed by atoms with Gasteiger partial charge in [0, 0.05) is 32.9 Å². The standard InChI is InChI=1S/C66H42N2/c1-4-20-43(21-5-1)48-41-40-44-22-10-11-27-47(44)65(48)66-53-32-16-30-49(51-34-18-38-61-63(51)55-28-12-14-36-59(55)67(61)45-23-6-2-7-24-45)57(53)42-58-50(31-17-33-54(58)66)52-35-19-39-62-64(52)56-29-13-15-37-60(56)68(62)46-25-8-3-9-26-46/h1-42H. The Morgan fingerprint density at radius 1 is 0.221 bits per heavy atom. The molecule has 68 heavy (non-hydrogen) atoms. The first kappa shape index (κ1) is 38.3. The van der Waals surface area contributed by atoms with E-state index in [1.165, 1.54) is 120 Å². The van der Waals surface area contributed by atoms with Crippen LogP contribution >= 0.6 is 0 Å². The van der Waals surface area contributed by atoms with E-state index in [1.54, 1.807) is 0 Å². The van der Waals surface area contributed by atoms with E-state index in [1.807, 2.05) is 0 Å². The summed E-state index contributed by atoms with van der Waals surface area (Å²) in [6, 6.07) is 94.0. The third kappa shape index (κ3) is 5.71. The van der Waals surface area contributed by atoms with Crippen molar-refractivity contribution in [2.75, 3.05) is 0 Å². The van der Waals surface area contributed by atoms with E-state index in [0.29, 0.717) is 0 Å². The Kier molecular flexibility index (Phi) is 8.62. The highest BCUT2D eigenvalue weighted by atomic mass is 15.0. The first-order chi connectivity index (χ1) is 33.8. The lowest BCUT2D eigenvalue weighted by Gasteiger charge is -2.21. The monoisotopic (exact) mass is 862 g/mol. The van der Waals surface area contributed by atoms with Gasteiger partial charge in [-0.15, -0.1) is 0 Å². The summed E-state index contributed by atoms with van der Waals surface area (Å²) in [6.45, 7) is 0. The highest BCUT2D eigenvalue weighted by Crippen LogP contribution is 2.50. The van der Waals surface area contributed by atoms with Crippen LogP contribution in [0.5, 0.6) is 0 Å². The van der Waals surface area contributed by atoms with Gasteiger partial charge in [0.05, 0.1) is 22.1 Å². The molecule has 0 aliphatic carbocycles. The Bertz CT molecular complexity index is 4080. The summed E-state index contributed by atoms with van der Waals surface area (Å²) in [5.41, 5.74) is 16.8. The van der Waals surface area contributed by atoms with Crippen molar-refractivity contribution in [1.82, 2.24) is 9.13 Å². The Labute approximate surface area is 393 Å². The normalized spacial score (nSPS) is 11.8. The predicted octanol–water partition coefficient (Wildman–Crippen LogP) is 18.0. The molecule has 0 radical (unpaired) electrons. The van der Waals surface area contributed by atoms with Gasteiger partial charge >= 0.3 is 0 Å². The maximum atomic E-state index is 2.51. The molecule has 0 unspecified atom stereocenters. The third-order valence-electron chi connectivity index (χ3n) is 14.3. The number of fused-ring (bicyclic) bond motifs is 9. The largest absolute Gasteiger partial charge is 0.309 e. The average molecular weight is 863 g/mol. The van der Waals surface area contributed by atoms with Crippen LogP contribution in [-0.4, -0.2) is 9.13 Å². The minimum Gasteiger partial charge on any atom is -0.309 e. The highest BCUT2D eigenvalue weighted by Gasteiger charge is 2.24. The van der Waals surface area contributed by atoms with Crippen molar-refractivity contribution in [2.45, 2.75) is 0 Å². The van der Waals surface area contributed by atoms with Crippen molar-refractivity contribution in [3.05, 3.63) is 255 Å². The lowest BCUT2D eigenvalue weighted by molar-refractivity contribution is 1.18. The fourth-order valence-electron chi connectivity index (χ4n) is 11.5. The number of aromatic nitrogens is 2. The fourth-order valence-corrected chi connectivity index (χ4v) is 11.5. The van der Waals surface area contributed by atoms with Gasteiger partial charge in [-0.3, -0.25) is 0 Å². The number of para-hydroxylation sites is 4.